The molecule has 23 heavy (non-hydrogen) atoms. The molecule has 0 aliphatic carbocycles. The fourth-order valence-electron chi connectivity index (χ4n) is 1.90. The van der Waals surface area contributed by atoms with Crippen LogP contribution in [0.1, 0.15) is 0 Å². The summed E-state index contributed by atoms with van der Waals surface area (Å²) in [6.45, 7) is 0. The first-order valence-corrected chi connectivity index (χ1v) is 8.98. The van der Waals surface area contributed by atoms with E-state index < -0.39 is 0 Å². The Balaban J connectivity index is 1.62. The van der Waals surface area contributed by atoms with E-state index in [0.717, 1.165) is 16.4 Å². The highest BCUT2D eigenvalue weighted by molar-refractivity contribution is 7.99. The van der Waals surface area contributed by atoms with Crippen molar-refractivity contribution in [3.63, 3.8) is 0 Å². The zero-order valence-corrected chi connectivity index (χ0v) is 14.6. The third kappa shape index (κ3) is 3.93. The highest BCUT2D eigenvalue weighted by Gasteiger charge is 2.11. The lowest BCUT2D eigenvalue weighted by molar-refractivity contribution is -0.113. The van der Waals surface area contributed by atoms with Gasteiger partial charge in [-0.2, -0.15) is 0 Å². The van der Waals surface area contributed by atoms with Crippen LogP contribution in [0.15, 0.2) is 47.2 Å². The lowest BCUT2D eigenvalue weighted by Crippen LogP contribution is -2.14. The lowest BCUT2D eigenvalue weighted by Gasteiger charge is -2.02. The molecule has 0 spiro atoms. The van der Waals surface area contributed by atoms with Gasteiger partial charge in [0.15, 0.2) is 10.3 Å². The Labute approximate surface area is 146 Å². The molecule has 2 aromatic heterocycles. The second-order valence-corrected chi connectivity index (χ2v) is 6.88. The zero-order chi connectivity index (χ0) is 16.2. The number of thioether (sulfide) groups is 1. The van der Waals surface area contributed by atoms with Crippen LogP contribution >= 0.6 is 34.7 Å². The second kappa shape index (κ2) is 7.16. The molecule has 1 aromatic carbocycles. The minimum absolute atomic E-state index is 0.113. The minimum Gasteiger partial charge on any atom is -0.329 e. The second-order valence-electron chi connectivity index (χ2n) is 4.68. The molecule has 0 saturated carbocycles. The van der Waals surface area contributed by atoms with Crippen molar-refractivity contribution in [1.29, 1.82) is 0 Å². The van der Waals surface area contributed by atoms with Gasteiger partial charge in [0.05, 0.1) is 11.4 Å². The summed E-state index contributed by atoms with van der Waals surface area (Å²) in [5.41, 5.74) is 1.61. The molecule has 0 aliphatic rings. The van der Waals surface area contributed by atoms with Crippen LogP contribution in [0.3, 0.4) is 0 Å². The van der Waals surface area contributed by atoms with Gasteiger partial charge in [-0.15, -0.1) is 11.3 Å². The summed E-state index contributed by atoms with van der Waals surface area (Å²) in [4.78, 5) is 20.6. The predicted molar refractivity (Wildman–Crippen MR) is 95.1 cm³/mol. The summed E-state index contributed by atoms with van der Waals surface area (Å²) in [6, 6.07) is 7.50. The highest BCUT2D eigenvalue weighted by Crippen LogP contribution is 2.30. The van der Waals surface area contributed by atoms with E-state index in [1.165, 1.54) is 23.1 Å². The van der Waals surface area contributed by atoms with Gasteiger partial charge in [0.2, 0.25) is 5.91 Å². The summed E-state index contributed by atoms with van der Waals surface area (Å²) in [5, 5.41) is 6.68. The first-order chi connectivity index (χ1) is 11.1. The van der Waals surface area contributed by atoms with E-state index in [0.29, 0.717) is 10.2 Å². The third-order valence-corrected chi connectivity index (χ3v) is 5.16. The average molecular weight is 365 g/mol. The molecule has 0 unspecified atom stereocenters. The molecule has 0 bridgehead atoms. The van der Waals surface area contributed by atoms with Crippen molar-refractivity contribution >= 4 is 45.7 Å². The molecule has 8 heteroatoms. The van der Waals surface area contributed by atoms with Crippen LogP contribution in [-0.4, -0.2) is 26.2 Å². The number of rotatable bonds is 5. The van der Waals surface area contributed by atoms with Crippen LogP contribution in [0.5, 0.6) is 0 Å². The maximum Gasteiger partial charge on any atom is 0.236 e. The van der Waals surface area contributed by atoms with E-state index in [2.05, 4.69) is 15.3 Å². The molecule has 3 aromatic rings. The SMILES string of the molecule is Cn1ccnc1SCC(=O)Nc1nc(-c2ccccc2Cl)cs1. The number of amides is 1. The molecule has 3 rings (SSSR count). The summed E-state index contributed by atoms with van der Waals surface area (Å²) in [7, 11) is 1.89. The number of aromatic nitrogens is 3. The van der Waals surface area contributed by atoms with E-state index in [9.17, 15) is 4.79 Å². The quantitative estimate of drug-likeness (QED) is 0.697. The number of anilines is 1. The van der Waals surface area contributed by atoms with Crippen LogP contribution in [0.4, 0.5) is 5.13 Å². The largest absolute Gasteiger partial charge is 0.329 e. The standard InChI is InChI=1S/C15H13ClN4OS2/c1-20-7-6-17-15(20)23-9-13(21)19-14-18-12(8-22-14)10-4-2-3-5-11(10)16/h2-8H,9H2,1H3,(H,18,19,21). The average Bonchev–Trinajstić information content (AvgIpc) is 3.15. The molecule has 0 atom stereocenters. The number of carbonyl (C=O) groups is 1. The zero-order valence-electron chi connectivity index (χ0n) is 12.2. The molecule has 0 radical (unpaired) electrons. The maximum absolute atomic E-state index is 12.0. The third-order valence-electron chi connectivity index (χ3n) is 3.01. The number of aryl methyl sites for hydroxylation is 1. The van der Waals surface area contributed by atoms with Crippen LogP contribution in [0, 0.1) is 0 Å². The Kier molecular flexibility index (Phi) is 5.00. The number of carbonyl (C=O) groups excluding carboxylic acids is 1. The normalized spacial score (nSPS) is 10.7. The monoisotopic (exact) mass is 364 g/mol. The van der Waals surface area contributed by atoms with Gasteiger partial charge in [-0.25, -0.2) is 9.97 Å². The molecule has 0 fully saturated rings. The Hall–Kier alpha value is -1.83. The lowest BCUT2D eigenvalue weighted by atomic mass is 10.2. The van der Waals surface area contributed by atoms with Gasteiger partial charge in [-0.1, -0.05) is 41.6 Å². The summed E-state index contributed by atoms with van der Waals surface area (Å²) in [6.07, 6.45) is 3.55. The van der Waals surface area contributed by atoms with Crippen LogP contribution in [-0.2, 0) is 11.8 Å². The van der Waals surface area contributed by atoms with Crippen molar-refractivity contribution in [3.8, 4) is 11.3 Å². The fraction of sp³-hybridized carbons (Fsp3) is 0.133. The number of halogens is 1. The Morgan fingerprint density at radius 1 is 1.43 bits per heavy atom. The van der Waals surface area contributed by atoms with E-state index in [1.54, 1.807) is 6.20 Å². The van der Waals surface area contributed by atoms with E-state index in [1.807, 2.05) is 47.5 Å². The van der Waals surface area contributed by atoms with Crippen molar-refractivity contribution in [1.82, 2.24) is 14.5 Å². The van der Waals surface area contributed by atoms with Gasteiger partial charge in [0.1, 0.15) is 0 Å². The van der Waals surface area contributed by atoms with Gasteiger partial charge >= 0.3 is 0 Å². The maximum atomic E-state index is 12.0. The Bertz CT molecular complexity index is 830. The van der Waals surface area contributed by atoms with Gasteiger partial charge in [0, 0.05) is 35.4 Å². The fourth-order valence-corrected chi connectivity index (χ4v) is 3.59. The van der Waals surface area contributed by atoms with Crippen LogP contribution < -0.4 is 5.32 Å². The van der Waals surface area contributed by atoms with E-state index in [4.69, 9.17) is 11.6 Å². The van der Waals surface area contributed by atoms with Crippen molar-refractivity contribution in [2.75, 3.05) is 11.1 Å². The number of hydrogen-bond donors (Lipinski definition) is 1. The highest BCUT2D eigenvalue weighted by atomic mass is 35.5. The molecular formula is C15H13ClN4OS2. The predicted octanol–water partition coefficient (Wildman–Crippen LogP) is 3.93. The molecule has 118 valence electrons. The summed E-state index contributed by atoms with van der Waals surface area (Å²) < 4.78 is 1.87. The van der Waals surface area contributed by atoms with Crippen molar-refractivity contribution in [3.05, 3.63) is 47.1 Å². The Morgan fingerprint density at radius 3 is 3.00 bits per heavy atom. The summed E-state index contributed by atoms with van der Waals surface area (Å²) in [5.74, 6) is 0.171. The molecular weight excluding hydrogens is 352 g/mol. The first kappa shape index (κ1) is 16.0. The van der Waals surface area contributed by atoms with Gasteiger partial charge in [-0.05, 0) is 6.07 Å². The van der Waals surface area contributed by atoms with E-state index in [-0.39, 0.29) is 11.7 Å². The van der Waals surface area contributed by atoms with Crippen LogP contribution in [0.25, 0.3) is 11.3 Å². The number of thiazole rings is 1. The van der Waals surface area contributed by atoms with Crippen LogP contribution in [0.2, 0.25) is 5.02 Å². The number of hydrogen-bond acceptors (Lipinski definition) is 5. The molecule has 2 heterocycles. The number of imidazole rings is 1. The molecule has 0 aliphatic heterocycles. The van der Waals surface area contributed by atoms with Crippen molar-refractivity contribution in [2.24, 2.45) is 7.05 Å². The van der Waals surface area contributed by atoms with Gasteiger partial charge in [0.25, 0.3) is 0 Å². The number of nitrogens with zero attached hydrogens (tertiary/aromatic N) is 3. The smallest absolute Gasteiger partial charge is 0.236 e. The van der Waals surface area contributed by atoms with E-state index >= 15 is 0 Å². The number of benzene rings is 1. The topological polar surface area (TPSA) is 59.8 Å². The van der Waals surface area contributed by atoms with Crippen molar-refractivity contribution in [2.45, 2.75) is 5.16 Å². The van der Waals surface area contributed by atoms with Crippen molar-refractivity contribution < 1.29 is 4.79 Å². The molecule has 0 saturated heterocycles. The molecule has 5 nitrogen and oxygen atoms in total. The number of nitrogens with one attached hydrogen (secondary N) is 1. The molecule has 1 amide bonds. The summed E-state index contributed by atoms with van der Waals surface area (Å²) >= 11 is 8.92. The van der Waals surface area contributed by atoms with Gasteiger partial charge < -0.3 is 9.88 Å². The first-order valence-electron chi connectivity index (χ1n) is 6.74. The Morgan fingerprint density at radius 2 is 2.26 bits per heavy atom. The van der Waals surface area contributed by atoms with Gasteiger partial charge in [-0.3, -0.25) is 4.79 Å². The minimum atomic E-state index is -0.113. The molecule has 1 N–H and O–H groups in total.